The topological polar surface area (TPSA) is 68.8 Å². The molecule has 0 bridgehead atoms. The minimum Gasteiger partial charge on any atom is -0.339 e. The molecule has 0 aliphatic carbocycles. The van der Waals surface area contributed by atoms with Crippen LogP contribution in [0.2, 0.25) is 0 Å². The third-order valence-electron chi connectivity index (χ3n) is 2.93. The van der Waals surface area contributed by atoms with Gasteiger partial charge < -0.3 is 14.4 Å². The molecule has 1 aliphatic heterocycles. The number of hydrogen-bond donors (Lipinski definition) is 1. The predicted molar refractivity (Wildman–Crippen MR) is 69.3 cm³/mol. The third-order valence-corrected chi connectivity index (χ3v) is 4.06. The van der Waals surface area contributed by atoms with Gasteiger partial charge in [0, 0.05) is 37.6 Å². The lowest BCUT2D eigenvalue weighted by molar-refractivity contribution is 0.363. The number of nitrogens with zero attached hydrogens (tertiary/aromatic N) is 4. The first-order valence-electron chi connectivity index (χ1n) is 5.93. The van der Waals surface area contributed by atoms with Crippen LogP contribution in [0.4, 0.5) is 0 Å². The maximum absolute atomic E-state index is 5.29. The monoisotopic (exact) mass is 265 g/mol. The maximum atomic E-state index is 5.29. The van der Waals surface area contributed by atoms with Gasteiger partial charge in [-0.05, 0) is 0 Å². The highest BCUT2D eigenvalue weighted by atomic mass is 32.2. The van der Waals surface area contributed by atoms with Crippen molar-refractivity contribution < 1.29 is 4.52 Å². The van der Waals surface area contributed by atoms with Crippen LogP contribution in [0.5, 0.6) is 0 Å². The molecule has 2 aromatic heterocycles. The van der Waals surface area contributed by atoms with E-state index in [4.69, 9.17) is 4.52 Å². The van der Waals surface area contributed by atoms with Gasteiger partial charge in [0.15, 0.2) is 0 Å². The van der Waals surface area contributed by atoms with E-state index in [0.717, 1.165) is 24.4 Å². The molecule has 0 radical (unpaired) electrons. The summed E-state index contributed by atoms with van der Waals surface area (Å²) in [6.07, 6.45) is 4.26. The van der Waals surface area contributed by atoms with Crippen LogP contribution in [-0.4, -0.2) is 43.8 Å². The lowest BCUT2D eigenvalue weighted by atomic mass is 10.2. The highest BCUT2D eigenvalue weighted by molar-refractivity contribution is 7.99. The molecule has 1 atom stereocenters. The van der Waals surface area contributed by atoms with Crippen LogP contribution in [0.3, 0.4) is 0 Å². The average Bonchev–Trinajstić information content (AvgIpc) is 2.99. The fraction of sp³-hybridized carbons (Fsp3) is 0.545. The molecule has 18 heavy (non-hydrogen) atoms. The standard InChI is InChI=1S/C11H15N5OS/c1-16-7-12-5-9(16)11-14-10(17-15-11)4-8-6-18-3-2-13-8/h5,7-8,13H,2-4,6H2,1H3. The fourth-order valence-electron chi connectivity index (χ4n) is 1.98. The highest BCUT2D eigenvalue weighted by Crippen LogP contribution is 2.16. The van der Waals surface area contributed by atoms with Crippen molar-refractivity contribution in [3.8, 4) is 11.5 Å². The van der Waals surface area contributed by atoms with Crippen LogP contribution in [0, 0.1) is 0 Å². The minimum atomic E-state index is 0.434. The van der Waals surface area contributed by atoms with Gasteiger partial charge in [0.05, 0.1) is 12.5 Å². The molecule has 7 heteroatoms. The van der Waals surface area contributed by atoms with E-state index in [9.17, 15) is 0 Å². The third kappa shape index (κ3) is 2.41. The summed E-state index contributed by atoms with van der Waals surface area (Å²) in [5, 5.41) is 7.46. The van der Waals surface area contributed by atoms with Crippen LogP contribution in [0.25, 0.3) is 11.5 Å². The number of aryl methyl sites for hydroxylation is 1. The Bertz CT molecular complexity index is 517. The number of rotatable bonds is 3. The minimum absolute atomic E-state index is 0.434. The number of thioether (sulfide) groups is 1. The first-order chi connectivity index (χ1) is 8.83. The van der Waals surface area contributed by atoms with Gasteiger partial charge in [-0.1, -0.05) is 5.16 Å². The predicted octanol–water partition coefficient (Wildman–Crippen LogP) is 0.718. The fourth-order valence-corrected chi connectivity index (χ4v) is 2.93. The van der Waals surface area contributed by atoms with E-state index in [1.165, 1.54) is 5.75 Å². The van der Waals surface area contributed by atoms with Gasteiger partial charge in [0.25, 0.3) is 0 Å². The Hall–Kier alpha value is -1.34. The summed E-state index contributed by atoms with van der Waals surface area (Å²) >= 11 is 1.96. The maximum Gasteiger partial charge on any atom is 0.228 e. The number of nitrogens with one attached hydrogen (secondary N) is 1. The van der Waals surface area contributed by atoms with E-state index in [1.807, 2.05) is 23.4 Å². The van der Waals surface area contributed by atoms with Crippen molar-refractivity contribution in [1.29, 1.82) is 0 Å². The zero-order valence-electron chi connectivity index (χ0n) is 10.2. The Morgan fingerprint density at radius 1 is 1.61 bits per heavy atom. The summed E-state index contributed by atoms with van der Waals surface area (Å²) in [5.74, 6) is 3.57. The zero-order chi connectivity index (χ0) is 12.4. The highest BCUT2D eigenvalue weighted by Gasteiger charge is 2.18. The Morgan fingerprint density at radius 2 is 2.56 bits per heavy atom. The number of hydrogen-bond acceptors (Lipinski definition) is 6. The molecule has 0 spiro atoms. The smallest absolute Gasteiger partial charge is 0.228 e. The number of imidazole rings is 1. The van der Waals surface area contributed by atoms with E-state index in [1.54, 1.807) is 12.5 Å². The van der Waals surface area contributed by atoms with Crippen LogP contribution in [0.1, 0.15) is 5.89 Å². The molecule has 1 fully saturated rings. The molecule has 1 aliphatic rings. The Morgan fingerprint density at radius 3 is 3.28 bits per heavy atom. The second-order valence-corrected chi connectivity index (χ2v) is 5.48. The van der Waals surface area contributed by atoms with E-state index in [2.05, 4.69) is 20.4 Å². The van der Waals surface area contributed by atoms with Crippen LogP contribution in [0.15, 0.2) is 17.0 Å². The molecular weight excluding hydrogens is 250 g/mol. The lowest BCUT2D eigenvalue weighted by Crippen LogP contribution is -2.38. The average molecular weight is 265 g/mol. The summed E-state index contributed by atoms with van der Waals surface area (Å²) in [5.41, 5.74) is 0.871. The summed E-state index contributed by atoms with van der Waals surface area (Å²) in [4.78, 5) is 8.47. The van der Waals surface area contributed by atoms with E-state index >= 15 is 0 Å². The molecule has 0 aromatic carbocycles. The van der Waals surface area contributed by atoms with Crippen molar-refractivity contribution >= 4 is 11.8 Å². The molecule has 0 amide bonds. The van der Waals surface area contributed by atoms with Crippen LogP contribution < -0.4 is 5.32 Å². The van der Waals surface area contributed by atoms with E-state index < -0.39 is 0 Å². The normalized spacial score (nSPS) is 20.2. The molecule has 2 aromatic rings. The van der Waals surface area contributed by atoms with Gasteiger partial charge in [-0.3, -0.25) is 0 Å². The zero-order valence-corrected chi connectivity index (χ0v) is 11.0. The van der Waals surface area contributed by atoms with Crippen molar-refractivity contribution in [3.05, 3.63) is 18.4 Å². The molecule has 6 nitrogen and oxygen atoms in total. The first-order valence-corrected chi connectivity index (χ1v) is 7.09. The van der Waals surface area contributed by atoms with Gasteiger partial charge in [-0.15, -0.1) is 0 Å². The van der Waals surface area contributed by atoms with Gasteiger partial charge in [-0.25, -0.2) is 4.98 Å². The summed E-state index contributed by atoms with van der Waals surface area (Å²) in [6.45, 7) is 1.05. The van der Waals surface area contributed by atoms with Crippen molar-refractivity contribution in [1.82, 2.24) is 25.0 Å². The van der Waals surface area contributed by atoms with Crippen molar-refractivity contribution in [2.24, 2.45) is 7.05 Å². The second kappa shape index (κ2) is 5.11. The molecule has 96 valence electrons. The van der Waals surface area contributed by atoms with Crippen molar-refractivity contribution in [2.45, 2.75) is 12.5 Å². The lowest BCUT2D eigenvalue weighted by Gasteiger charge is -2.21. The van der Waals surface area contributed by atoms with Gasteiger partial charge in [-0.2, -0.15) is 16.7 Å². The summed E-state index contributed by atoms with van der Waals surface area (Å²) in [7, 11) is 1.91. The second-order valence-electron chi connectivity index (χ2n) is 4.33. The largest absolute Gasteiger partial charge is 0.339 e. The molecule has 1 saturated heterocycles. The Kier molecular flexibility index (Phi) is 3.33. The van der Waals surface area contributed by atoms with Crippen LogP contribution >= 0.6 is 11.8 Å². The summed E-state index contributed by atoms with van der Waals surface area (Å²) in [6, 6.07) is 0.434. The Balaban J connectivity index is 1.71. The van der Waals surface area contributed by atoms with Crippen molar-refractivity contribution in [3.63, 3.8) is 0 Å². The SMILES string of the molecule is Cn1cncc1-c1noc(CC2CSCCN2)n1. The molecule has 0 saturated carbocycles. The Labute approximate surface area is 109 Å². The van der Waals surface area contributed by atoms with E-state index in [0.29, 0.717) is 17.8 Å². The summed E-state index contributed by atoms with van der Waals surface area (Å²) < 4.78 is 7.17. The molecule has 1 unspecified atom stereocenters. The van der Waals surface area contributed by atoms with E-state index in [-0.39, 0.29) is 0 Å². The van der Waals surface area contributed by atoms with Crippen molar-refractivity contribution in [2.75, 3.05) is 18.1 Å². The molecule has 3 heterocycles. The quantitative estimate of drug-likeness (QED) is 0.882. The van der Waals surface area contributed by atoms with Crippen LogP contribution in [-0.2, 0) is 13.5 Å². The number of aromatic nitrogens is 4. The van der Waals surface area contributed by atoms with Gasteiger partial charge in [0.2, 0.25) is 11.7 Å². The van der Waals surface area contributed by atoms with Gasteiger partial charge in [0.1, 0.15) is 5.69 Å². The molecule has 3 rings (SSSR count). The molecular formula is C11H15N5OS. The molecule has 1 N–H and O–H groups in total. The first kappa shape index (κ1) is 11.7. The van der Waals surface area contributed by atoms with Gasteiger partial charge >= 0.3 is 0 Å².